The zero-order valence-corrected chi connectivity index (χ0v) is 21.1. The van der Waals surface area contributed by atoms with Crippen LogP contribution >= 0.6 is 0 Å². The van der Waals surface area contributed by atoms with Gasteiger partial charge in [0.05, 0.1) is 22.2 Å². The lowest BCUT2D eigenvalue weighted by atomic mass is 9.97. The van der Waals surface area contributed by atoms with E-state index in [0.717, 1.165) is 33.6 Å². The highest BCUT2D eigenvalue weighted by molar-refractivity contribution is 7.92. The highest BCUT2D eigenvalue weighted by Gasteiger charge is 2.33. The molecule has 0 fully saturated rings. The minimum Gasteiger partial charge on any atom is -0.348 e. The van der Waals surface area contributed by atoms with Gasteiger partial charge in [-0.2, -0.15) is 13.2 Å². The molecular formula is C27H29F3N2O3S. The van der Waals surface area contributed by atoms with Crippen LogP contribution in [0.5, 0.6) is 0 Å². The Morgan fingerprint density at radius 3 is 2.17 bits per heavy atom. The molecule has 0 unspecified atom stereocenters. The number of alkyl halides is 3. The summed E-state index contributed by atoms with van der Waals surface area (Å²) in [7, 11) is -4.35. The van der Waals surface area contributed by atoms with Crippen molar-refractivity contribution in [3.8, 4) is 0 Å². The summed E-state index contributed by atoms with van der Waals surface area (Å²) in [6.45, 7) is 5.10. The number of nitrogens with zero attached hydrogens (tertiary/aromatic N) is 1. The molecule has 0 bridgehead atoms. The van der Waals surface area contributed by atoms with Gasteiger partial charge in [0.1, 0.15) is 6.54 Å². The fraction of sp³-hybridized carbons (Fsp3) is 0.296. The van der Waals surface area contributed by atoms with Gasteiger partial charge >= 0.3 is 6.18 Å². The molecule has 1 N–H and O–H groups in total. The maximum absolute atomic E-state index is 13.5. The molecule has 0 aromatic heterocycles. The molecule has 0 spiro atoms. The van der Waals surface area contributed by atoms with Crippen molar-refractivity contribution < 1.29 is 26.4 Å². The lowest BCUT2D eigenvalue weighted by molar-refractivity contribution is -0.137. The standard InChI is InChI=1S/C27H29F3N2O3S/c1-19(2)16-25(21-8-5-4-6-9-21)31-26(33)18-32(23-11-7-10-22(17-23)27(28,29)30)36(34,35)24-14-12-20(3)13-15-24/h4-15,17,19,25H,16,18H2,1-3H3,(H,31,33)/t25-/m1/s1. The first-order chi connectivity index (χ1) is 16.9. The Hall–Kier alpha value is -3.33. The van der Waals surface area contributed by atoms with Gasteiger partial charge in [-0.15, -0.1) is 0 Å². The van der Waals surface area contributed by atoms with Crippen LogP contribution in [0.4, 0.5) is 18.9 Å². The molecule has 192 valence electrons. The molecule has 1 atom stereocenters. The Bertz CT molecular complexity index is 1280. The average molecular weight is 519 g/mol. The van der Waals surface area contributed by atoms with E-state index in [-0.39, 0.29) is 22.5 Å². The molecule has 3 rings (SSSR count). The SMILES string of the molecule is Cc1ccc(S(=O)(=O)N(CC(=O)N[C@H](CC(C)C)c2ccccc2)c2cccc(C(F)(F)F)c2)cc1. The second-order valence-electron chi connectivity index (χ2n) is 9.03. The highest BCUT2D eigenvalue weighted by Crippen LogP contribution is 2.33. The van der Waals surface area contributed by atoms with E-state index in [1.54, 1.807) is 19.1 Å². The summed E-state index contributed by atoms with van der Waals surface area (Å²) in [6, 6.07) is 18.7. The van der Waals surface area contributed by atoms with Crippen molar-refractivity contribution in [3.63, 3.8) is 0 Å². The van der Waals surface area contributed by atoms with Gasteiger partial charge in [0.25, 0.3) is 10.0 Å². The van der Waals surface area contributed by atoms with Crippen molar-refractivity contribution in [2.24, 2.45) is 5.92 Å². The van der Waals surface area contributed by atoms with Crippen molar-refractivity contribution in [1.29, 1.82) is 0 Å². The van der Waals surface area contributed by atoms with E-state index in [1.165, 1.54) is 18.2 Å². The molecule has 0 aliphatic heterocycles. The summed E-state index contributed by atoms with van der Waals surface area (Å²) in [6.07, 6.45) is -4.07. The fourth-order valence-corrected chi connectivity index (χ4v) is 5.21. The quantitative estimate of drug-likeness (QED) is 0.372. The number of carbonyl (C=O) groups is 1. The number of halogens is 3. The van der Waals surface area contributed by atoms with E-state index < -0.39 is 34.2 Å². The third kappa shape index (κ3) is 6.87. The minimum atomic E-state index is -4.67. The lowest BCUT2D eigenvalue weighted by Gasteiger charge is -2.27. The topological polar surface area (TPSA) is 66.5 Å². The Balaban J connectivity index is 1.99. The summed E-state index contributed by atoms with van der Waals surface area (Å²) in [5.74, 6) is -0.399. The highest BCUT2D eigenvalue weighted by atomic mass is 32.2. The fourth-order valence-electron chi connectivity index (χ4n) is 3.80. The van der Waals surface area contributed by atoms with Crippen LogP contribution in [0.25, 0.3) is 0 Å². The number of rotatable bonds is 9. The van der Waals surface area contributed by atoms with Crippen LogP contribution in [-0.4, -0.2) is 20.9 Å². The monoisotopic (exact) mass is 518 g/mol. The van der Waals surface area contributed by atoms with E-state index in [0.29, 0.717) is 6.42 Å². The number of hydrogen-bond acceptors (Lipinski definition) is 3. The summed E-state index contributed by atoms with van der Waals surface area (Å²) in [5.41, 5.74) is 0.412. The van der Waals surface area contributed by atoms with E-state index >= 15 is 0 Å². The summed E-state index contributed by atoms with van der Waals surface area (Å²) in [5, 5.41) is 2.88. The number of nitrogens with one attached hydrogen (secondary N) is 1. The van der Waals surface area contributed by atoms with Gasteiger partial charge in [0.2, 0.25) is 5.91 Å². The van der Waals surface area contributed by atoms with Crippen LogP contribution in [0.1, 0.15) is 43.0 Å². The third-order valence-electron chi connectivity index (χ3n) is 5.60. The van der Waals surface area contributed by atoms with Crippen LogP contribution in [0.2, 0.25) is 0 Å². The van der Waals surface area contributed by atoms with Crippen LogP contribution in [0.15, 0.2) is 83.8 Å². The normalized spacial score (nSPS) is 12.9. The Kier molecular flexibility index (Phi) is 8.45. The van der Waals surface area contributed by atoms with Gasteiger partial charge in [-0.25, -0.2) is 8.42 Å². The van der Waals surface area contributed by atoms with Crippen molar-refractivity contribution in [1.82, 2.24) is 5.32 Å². The van der Waals surface area contributed by atoms with Gasteiger partial charge in [0.15, 0.2) is 0 Å². The van der Waals surface area contributed by atoms with Crippen LogP contribution in [-0.2, 0) is 21.0 Å². The molecule has 0 saturated carbocycles. The molecule has 3 aromatic carbocycles. The Morgan fingerprint density at radius 2 is 1.58 bits per heavy atom. The second kappa shape index (κ2) is 11.2. The third-order valence-corrected chi connectivity index (χ3v) is 7.39. The second-order valence-corrected chi connectivity index (χ2v) is 10.9. The smallest absolute Gasteiger partial charge is 0.348 e. The van der Waals surface area contributed by atoms with Crippen molar-refractivity contribution in [2.75, 3.05) is 10.8 Å². The number of benzene rings is 3. The van der Waals surface area contributed by atoms with Crippen molar-refractivity contribution in [2.45, 2.75) is 44.3 Å². The van der Waals surface area contributed by atoms with Crippen molar-refractivity contribution in [3.05, 3.63) is 95.6 Å². The van der Waals surface area contributed by atoms with E-state index in [4.69, 9.17) is 0 Å². The average Bonchev–Trinajstić information content (AvgIpc) is 2.82. The molecule has 0 heterocycles. The van der Waals surface area contributed by atoms with E-state index in [9.17, 15) is 26.4 Å². The summed E-state index contributed by atoms with van der Waals surface area (Å²) in [4.78, 5) is 13.0. The van der Waals surface area contributed by atoms with Crippen LogP contribution in [0.3, 0.4) is 0 Å². The first-order valence-corrected chi connectivity index (χ1v) is 12.9. The van der Waals surface area contributed by atoms with Crippen LogP contribution < -0.4 is 9.62 Å². The predicted octanol–water partition coefficient (Wildman–Crippen LogP) is 6.11. The minimum absolute atomic E-state index is 0.125. The molecule has 0 radical (unpaired) electrons. The first kappa shape index (κ1) is 27.3. The molecule has 0 saturated heterocycles. The number of carbonyl (C=O) groups excluding carboxylic acids is 1. The molecule has 9 heteroatoms. The van der Waals surface area contributed by atoms with Gasteiger partial charge in [-0.05, 0) is 55.2 Å². The lowest BCUT2D eigenvalue weighted by Crippen LogP contribution is -2.42. The van der Waals surface area contributed by atoms with E-state index in [1.807, 2.05) is 44.2 Å². The van der Waals surface area contributed by atoms with Crippen LogP contribution in [0, 0.1) is 12.8 Å². The Morgan fingerprint density at radius 1 is 0.944 bits per heavy atom. The zero-order valence-electron chi connectivity index (χ0n) is 20.3. The maximum atomic E-state index is 13.5. The van der Waals surface area contributed by atoms with E-state index in [2.05, 4.69) is 5.32 Å². The van der Waals surface area contributed by atoms with Gasteiger partial charge < -0.3 is 5.32 Å². The molecule has 0 aliphatic rings. The number of sulfonamides is 1. The van der Waals surface area contributed by atoms with Crippen molar-refractivity contribution >= 4 is 21.6 Å². The zero-order chi connectivity index (χ0) is 26.5. The van der Waals surface area contributed by atoms with Gasteiger partial charge in [0, 0.05) is 0 Å². The number of aryl methyl sites for hydroxylation is 1. The van der Waals surface area contributed by atoms with Gasteiger partial charge in [-0.1, -0.05) is 67.9 Å². The number of hydrogen-bond donors (Lipinski definition) is 1. The maximum Gasteiger partial charge on any atom is 0.416 e. The molecule has 36 heavy (non-hydrogen) atoms. The molecular weight excluding hydrogens is 489 g/mol. The molecule has 0 aliphatic carbocycles. The largest absolute Gasteiger partial charge is 0.416 e. The molecule has 1 amide bonds. The number of amides is 1. The van der Waals surface area contributed by atoms with Gasteiger partial charge in [-0.3, -0.25) is 9.10 Å². The summed E-state index contributed by atoms with van der Waals surface area (Å²) < 4.78 is 68.0. The predicted molar refractivity (Wildman–Crippen MR) is 134 cm³/mol. The first-order valence-electron chi connectivity index (χ1n) is 11.5. The Labute approximate surface area is 210 Å². The molecule has 5 nitrogen and oxygen atoms in total. The molecule has 3 aromatic rings. The summed E-state index contributed by atoms with van der Waals surface area (Å²) >= 11 is 0. The number of anilines is 1.